The van der Waals surface area contributed by atoms with Crippen LogP contribution < -0.4 is 10.1 Å². The van der Waals surface area contributed by atoms with E-state index in [-0.39, 0.29) is 36.7 Å². The number of rotatable bonds is 5. The Balaban J connectivity index is 1.37. The Morgan fingerprint density at radius 3 is 2.66 bits per heavy atom. The maximum absolute atomic E-state index is 14.3. The number of imide groups is 1. The van der Waals surface area contributed by atoms with Gasteiger partial charge in [-0.25, -0.2) is 14.4 Å². The first-order valence-electron chi connectivity index (χ1n) is 11.8. The van der Waals surface area contributed by atoms with Crippen LogP contribution in [-0.2, 0) is 16.1 Å². The molecule has 1 aliphatic carbocycles. The zero-order chi connectivity index (χ0) is 24.3. The Kier molecular flexibility index (Phi) is 5.74. The van der Waals surface area contributed by atoms with Crippen LogP contribution in [0.5, 0.6) is 5.75 Å². The van der Waals surface area contributed by atoms with Crippen molar-refractivity contribution in [1.82, 2.24) is 20.2 Å². The summed E-state index contributed by atoms with van der Waals surface area (Å²) in [6.07, 6.45) is 2.29. The Hall–Kier alpha value is -2.62. The van der Waals surface area contributed by atoms with E-state index < -0.39 is 12.3 Å². The molecule has 3 fully saturated rings. The van der Waals surface area contributed by atoms with Gasteiger partial charge in [0.05, 0.1) is 34.3 Å². The van der Waals surface area contributed by atoms with E-state index in [1.807, 2.05) is 13.0 Å². The van der Waals surface area contributed by atoms with Crippen molar-refractivity contribution in [1.29, 1.82) is 0 Å². The first-order chi connectivity index (χ1) is 16.9. The molecule has 6 rings (SSSR count). The first-order valence-corrected chi connectivity index (χ1v) is 13.0. The predicted molar refractivity (Wildman–Crippen MR) is 131 cm³/mol. The Labute approximate surface area is 210 Å². The van der Waals surface area contributed by atoms with Gasteiger partial charge in [0.2, 0.25) is 11.8 Å². The molecule has 10 heteroatoms. The van der Waals surface area contributed by atoms with E-state index in [0.717, 1.165) is 34.4 Å². The summed E-state index contributed by atoms with van der Waals surface area (Å²) in [5.74, 6) is 0.0942. The number of likely N-dealkylation sites (tertiary alicyclic amines) is 1. The normalized spacial score (nSPS) is 26.2. The Bertz CT molecular complexity index is 1330. The van der Waals surface area contributed by atoms with E-state index in [0.29, 0.717) is 34.1 Å². The maximum Gasteiger partial charge on any atom is 0.233 e. The number of hydrogen-bond acceptors (Lipinski definition) is 7. The van der Waals surface area contributed by atoms with Crippen LogP contribution in [0.3, 0.4) is 0 Å². The standard InChI is InChI=1S/C25H24ClFN4O3S/c1-12-5-13(26)6-17(22(12)34-20-9-28-8-18(20)27)21-23-19(29-11-30-21)7-14(35-23)10-31-24(32)15-3-2-4-16(15)25(31)33/h5-7,11,15-16,18,20,28H,2-4,8-10H2,1H3/t15?,16?,18-,20+/m0/s1. The van der Waals surface area contributed by atoms with Crippen molar-refractivity contribution < 1.29 is 18.7 Å². The lowest BCUT2D eigenvalue weighted by Gasteiger charge is -2.20. The van der Waals surface area contributed by atoms with Crippen LogP contribution in [0.2, 0.25) is 5.02 Å². The van der Waals surface area contributed by atoms with E-state index in [4.69, 9.17) is 16.3 Å². The van der Waals surface area contributed by atoms with Gasteiger partial charge in [0.15, 0.2) is 6.17 Å². The first kappa shape index (κ1) is 22.8. The van der Waals surface area contributed by atoms with Crippen LogP contribution in [-0.4, -0.2) is 52.0 Å². The molecule has 3 aromatic rings. The number of hydrogen-bond donors (Lipinski definition) is 1. The van der Waals surface area contributed by atoms with E-state index in [2.05, 4.69) is 15.3 Å². The summed E-state index contributed by atoms with van der Waals surface area (Å²) in [5.41, 5.74) is 2.79. The average molecular weight is 515 g/mol. The highest BCUT2D eigenvalue weighted by molar-refractivity contribution is 7.19. The summed E-state index contributed by atoms with van der Waals surface area (Å²) in [4.78, 5) is 36.9. The molecule has 2 amide bonds. The van der Waals surface area contributed by atoms with Gasteiger partial charge in [-0.1, -0.05) is 18.0 Å². The van der Waals surface area contributed by atoms with E-state index in [1.165, 1.54) is 22.6 Å². The number of aryl methyl sites for hydroxylation is 1. The second-order valence-corrected chi connectivity index (χ2v) is 11.1. The van der Waals surface area contributed by atoms with Gasteiger partial charge in [-0.15, -0.1) is 11.3 Å². The lowest BCUT2D eigenvalue weighted by Crippen LogP contribution is -2.30. The van der Waals surface area contributed by atoms with Crippen LogP contribution >= 0.6 is 22.9 Å². The van der Waals surface area contributed by atoms with Crippen molar-refractivity contribution in [3.05, 3.63) is 40.0 Å². The molecule has 0 radical (unpaired) electrons. The Morgan fingerprint density at radius 2 is 1.94 bits per heavy atom. The molecule has 7 nitrogen and oxygen atoms in total. The monoisotopic (exact) mass is 514 g/mol. The number of carbonyl (C=O) groups is 2. The van der Waals surface area contributed by atoms with Gasteiger partial charge in [0.25, 0.3) is 0 Å². The molecule has 2 aromatic heterocycles. The van der Waals surface area contributed by atoms with Crippen molar-refractivity contribution >= 4 is 45.0 Å². The number of thiophene rings is 1. The second-order valence-electron chi connectivity index (χ2n) is 9.49. The van der Waals surface area contributed by atoms with Gasteiger partial charge in [-0.05, 0) is 43.5 Å². The summed E-state index contributed by atoms with van der Waals surface area (Å²) in [6, 6.07) is 5.46. The van der Waals surface area contributed by atoms with E-state index in [1.54, 1.807) is 12.1 Å². The van der Waals surface area contributed by atoms with Crippen molar-refractivity contribution in [2.75, 3.05) is 13.1 Å². The smallest absolute Gasteiger partial charge is 0.233 e. The number of ether oxygens (including phenoxy) is 1. The number of alkyl halides is 1. The predicted octanol–water partition coefficient (Wildman–Crippen LogP) is 4.29. The van der Waals surface area contributed by atoms with Gasteiger partial charge in [-0.3, -0.25) is 14.5 Å². The quantitative estimate of drug-likeness (QED) is 0.511. The van der Waals surface area contributed by atoms with Gasteiger partial charge < -0.3 is 10.1 Å². The van der Waals surface area contributed by atoms with Crippen LogP contribution in [0.4, 0.5) is 4.39 Å². The van der Waals surface area contributed by atoms with Gasteiger partial charge >= 0.3 is 0 Å². The molecule has 1 N–H and O–H groups in total. The summed E-state index contributed by atoms with van der Waals surface area (Å²) >= 11 is 7.85. The zero-order valence-corrected chi connectivity index (χ0v) is 20.7. The molecular weight excluding hydrogens is 491 g/mol. The number of halogens is 2. The molecule has 182 valence electrons. The fourth-order valence-corrected chi connectivity index (χ4v) is 6.87. The average Bonchev–Trinajstić information content (AvgIpc) is 3.60. The van der Waals surface area contributed by atoms with Crippen LogP contribution in [0.25, 0.3) is 21.5 Å². The lowest BCUT2D eigenvalue weighted by molar-refractivity contribution is -0.140. The molecule has 2 unspecified atom stereocenters. The minimum atomic E-state index is -1.10. The highest BCUT2D eigenvalue weighted by atomic mass is 35.5. The van der Waals surface area contributed by atoms with Crippen LogP contribution in [0.1, 0.15) is 29.7 Å². The third-order valence-electron chi connectivity index (χ3n) is 7.21. The topological polar surface area (TPSA) is 84.4 Å². The minimum Gasteiger partial charge on any atom is -0.485 e. The van der Waals surface area contributed by atoms with E-state index >= 15 is 0 Å². The number of benzene rings is 1. The zero-order valence-electron chi connectivity index (χ0n) is 19.1. The van der Waals surface area contributed by atoms with Crippen molar-refractivity contribution in [2.24, 2.45) is 11.8 Å². The van der Waals surface area contributed by atoms with Gasteiger partial charge in [-0.2, -0.15) is 0 Å². The summed E-state index contributed by atoms with van der Waals surface area (Å²) < 4.78 is 21.3. The molecule has 1 saturated carbocycles. The van der Waals surface area contributed by atoms with Crippen molar-refractivity contribution in [3.8, 4) is 17.0 Å². The SMILES string of the molecule is Cc1cc(Cl)cc(-c2ncnc3cc(CN4C(=O)C5CCCC5C4=O)sc23)c1O[C@@H]1CNC[C@@H]1F. The van der Waals surface area contributed by atoms with Gasteiger partial charge in [0, 0.05) is 28.6 Å². The molecule has 2 aliphatic heterocycles. The largest absolute Gasteiger partial charge is 0.485 e. The second kappa shape index (κ2) is 8.80. The number of nitrogens with zero attached hydrogens (tertiary/aromatic N) is 3. The highest BCUT2D eigenvalue weighted by Crippen LogP contribution is 2.43. The van der Waals surface area contributed by atoms with Crippen LogP contribution in [0.15, 0.2) is 24.5 Å². The van der Waals surface area contributed by atoms with E-state index in [9.17, 15) is 14.0 Å². The summed E-state index contributed by atoms with van der Waals surface area (Å²) in [6.45, 7) is 2.79. The number of nitrogens with one attached hydrogen (secondary N) is 1. The number of aromatic nitrogens is 2. The van der Waals surface area contributed by atoms with Crippen molar-refractivity contribution in [2.45, 2.75) is 45.0 Å². The fraction of sp³-hybridized carbons (Fsp3) is 0.440. The van der Waals surface area contributed by atoms with Crippen molar-refractivity contribution in [3.63, 3.8) is 0 Å². The fourth-order valence-electron chi connectivity index (χ4n) is 5.50. The molecular formula is C25H24ClFN4O3S. The maximum atomic E-state index is 14.3. The number of fused-ring (bicyclic) bond motifs is 2. The van der Waals surface area contributed by atoms with Crippen LogP contribution in [0, 0.1) is 18.8 Å². The molecule has 1 aromatic carbocycles. The Morgan fingerprint density at radius 1 is 1.17 bits per heavy atom. The molecule has 3 aliphatic rings. The summed E-state index contributed by atoms with van der Waals surface area (Å²) in [7, 11) is 0. The molecule has 0 spiro atoms. The van der Waals surface area contributed by atoms with Gasteiger partial charge in [0.1, 0.15) is 18.2 Å². The highest BCUT2D eigenvalue weighted by Gasteiger charge is 2.49. The molecule has 2 saturated heterocycles. The third kappa shape index (κ3) is 3.90. The third-order valence-corrected chi connectivity index (χ3v) is 8.54. The summed E-state index contributed by atoms with van der Waals surface area (Å²) in [5, 5.41) is 3.53. The molecule has 0 bridgehead atoms. The molecule has 35 heavy (non-hydrogen) atoms. The molecule has 4 heterocycles. The molecule has 4 atom stereocenters. The number of amides is 2. The number of carbonyl (C=O) groups excluding carboxylic acids is 2. The minimum absolute atomic E-state index is 0.0617. The lowest BCUT2D eigenvalue weighted by atomic mass is 10.00.